The molecule has 0 fully saturated rings. The fourth-order valence-electron chi connectivity index (χ4n) is 1.61. The molecule has 0 unspecified atom stereocenters. The van der Waals surface area contributed by atoms with Gasteiger partial charge >= 0.3 is 0 Å². The predicted octanol–water partition coefficient (Wildman–Crippen LogP) is 2.27. The van der Waals surface area contributed by atoms with Crippen LogP contribution in [-0.2, 0) is 0 Å². The van der Waals surface area contributed by atoms with Crippen molar-refractivity contribution in [3.63, 3.8) is 0 Å². The summed E-state index contributed by atoms with van der Waals surface area (Å²) in [5.41, 5.74) is 7.92. The first-order valence-electron chi connectivity index (χ1n) is 4.93. The fraction of sp³-hybridized carbons (Fsp3) is 0.250. The van der Waals surface area contributed by atoms with Crippen molar-refractivity contribution in [2.24, 2.45) is 5.73 Å². The number of furan rings is 1. The molecule has 0 aliphatic heterocycles. The smallest absolute Gasteiger partial charge is 0.164 e. The van der Waals surface area contributed by atoms with Gasteiger partial charge in [-0.1, -0.05) is 0 Å². The summed E-state index contributed by atoms with van der Waals surface area (Å²) in [6.07, 6.45) is 2.09. The van der Waals surface area contributed by atoms with Gasteiger partial charge in [0, 0.05) is 17.4 Å². The van der Waals surface area contributed by atoms with Gasteiger partial charge in [-0.3, -0.25) is 4.79 Å². The Morgan fingerprint density at radius 2 is 2.27 bits per heavy atom. The lowest BCUT2D eigenvalue weighted by Gasteiger charge is -1.99. The van der Waals surface area contributed by atoms with Gasteiger partial charge in [0.2, 0.25) is 0 Å². The van der Waals surface area contributed by atoms with Crippen molar-refractivity contribution in [1.82, 2.24) is 0 Å². The van der Waals surface area contributed by atoms with E-state index in [1.165, 1.54) is 0 Å². The Morgan fingerprint density at radius 3 is 3.00 bits per heavy atom. The molecule has 0 saturated carbocycles. The van der Waals surface area contributed by atoms with E-state index in [1.54, 1.807) is 12.3 Å². The summed E-state index contributed by atoms with van der Waals surface area (Å²) in [6.45, 7) is 2.35. The van der Waals surface area contributed by atoms with E-state index in [-0.39, 0.29) is 5.78 Å². The number of benzene rings is 1. The van der Waals surface area contributed by atoms with Crippen molar-refractivity contribution in [3.05, 3.63) is 35.6 Å². The minimum Gasteiger partial charge on any atom is -0.464 e. The first-order valence-corrected chi connectivity index (χ1v) is 4.93. The molecular weight excluding hydrogens is 190 g/mol. The van der Waals surface area contributed by atoms with Crippen LogP contribution in [0.15, 0.2) is 28.9 Å². The Kier molecular flexibility index (Phi) is 2.56. The number of aryl methyl sites for hydroxylation is 1. The number of hydrogen-bond acceptors (Lipinski definition) is 3. The lowest BCUT2D eigenvalue weighted by molar-refractivity contribution is 0.0985. The molecule has 0 atom stereocenters. The first-order chi connectivity index (χ1) is 7.22. The number of carbonyl (C=O) groups excluding carboxylic acids is 1. The third-order valence-electron chi connectivity index (χ3n) is 2.46. The molecule has 0 spiro atoms. The number of nitrogens with two attached hydrogens (primary N) is 1. The van der Waals surface area contributed by atoms with E-state index in [0.717, 1.165) is 16.5 Å². The quantitative estimate of drug-likeness (QED) is 0.778. The summed E-state index contributed by atoms with van der Waals surface area (Å²) in [6, 6.07) is 5.47. The van der Waals surface area contributed by atoms with Crippen LogP contribution in [0.4, 0.5) is 0 Å². The van der Waals surface area contributed by atoms with Crippen LogP contribution in [0.5, 0.6) is 0 Å². The Hall–Kier alpha value is -1.61. The average Bonchev–Trinajstić information content (AvgIpc) is 2.60. The zero-order valence-electron chi connectivity index (χ0n) is 8.62. The second-order valence-corrected chi connectivity index (χ2v) is 3.59. The standard InChI is InChI=1S/C12H13NO2/c1-8-7-15-12-3-2-9(6-10(8)12)11(14)4-5-13/h2-3,6-7H,4-5,13H2,1H3. The molecule has 0 bridgehead atoms. The number of fused-ring (bicyclic) bond motifs is 1. The maximum absolute atomic E-state index is 11.6. The van der Waals surface area contributed by atoms with Crippen molar-refractivity contribution in [1.29, 1.82) is 0 Å². The van der Waals surface area contributed by atoms with Crippen molar-refractivity contribution in [2.45, 2.75) is 13.3 Å². The molecule has 1 aromatic carbocycles. The predicted molar refractivity (Wildman–Crippen MR) is 59.0 cm³/mol. The summed E-state index contributed by atoms with van der Waals surface area (Å²) in [5, 5.41) is 0.998. The molecule has 2 aromatic rings. The third kappa shape index (κ3) is 1.78. The van der Waals surface area contributed by atoms with Gasteiger partial charge in [0.15, 0.2) is 5.78 Å². The topological polar surface area (TPSA) is 56.2 Å². The molecule has 1 heterocycles. The lowest BCUT2D eigenvalue weighted by Crippen LogP contribution is -2.07. The Balaban J connectivity index is 2.45. The molecule has 78 valence electrons. The largest absolute Gasteiger partial charge is 0.464 e. The van der Waals surface area contributed by atoms with E-state index >= 15 is 0 Å². The summed E-state index contributed by atoms with van der Waals surface area (Å²) in [5.74, 6) is 0.0833. The Bertz CT molecular complexity index is 499. The van der Waals surface area contributed by atoms with Gasteiger partial charge < -0.3 is 10.2 Å². The van der Waals surface area contributed by atoms with Crippen LogP contribution in [0.2, 0.25) is 0 Å². The summed E-state index contributed by atoms with van der Waals surface area (Å²) in [4.78, 5) is 11.6. The lowest BCUT2D eigenvalue weighted by atomic mass is 10.1. The molecule has 2 rings (SSSR count). The number of ketones is 1. The number of rotatable bonds is 3. The van der Waals surface area contributed by atoms with Crippen LogP contribution in [0.3, 0.4) is 0 Å². The Labute approximate surface area is 87.9 Å². The molecule has 15 heavy (non-hydrogen) atoms. The van der Waals surface area contributed by atoms with Crippen molar-refractivity contribution >= 4 is 16.8 Å². The van der Waals surface area contributed by atoms with Crippen LogP contribution in [-0.4, -0.2) is 12.3 Å². The van der Waals surface area contributed by atoms with E-state index in [4.69, 9.17) is 10.2 Å². The van der Waals surface area contributed by atoms with Crippen LogP contribution in [0, 0.1) is 6.92 Å². The number of carbonyl (C=O) groups is 1. The maximum atomic E-state index is 11.6. The highest BCUT2D eigenvalue weighted by atomic mass is 16.3. The van der Waals surface area contributed by atoms with Crippen LogP contribution >= 0.6 is 0 Å². The monoisotopic (exact) mass is 203 g/mol. The van der Waals surface area contributed by atoms with E-state index in [0.29, 0.717) is 18.5 Å². The molecule has 3 nitrogen and oxygen atoms in total. The van der Waals surface area contributed by atoms with Gasteiger partial charge in [0.25, 0.3) is 0 Å². The van der Waals surface area contributed by atoms with Gasteiger partial charge in [-0.25, -0.2) is 0 Å². The molecule has 0 aliphatic rings. The molecule has 1 aromatic heterocycles. The highest BCUT2D eigenvalue weighted by molar-refractivity contribution is 5.99. The molecule has 3 heteroatoms. The van der Waals surface area contributed by atoms with Gasteiger partial charge in [-0.2, -0.15) is 0 Å². The molecule has 0 saturated heterocycles. The fourth-order valence-corrected chi connectivity index (χ4v) is 1.61. The Morgan fingerprint density at radius 1 is 1.47 bits per heavy atom. The molecule has 0 amide bonds. The molecule has 2 N–H and O–H groups in total. The van der Waals surface area contributed by atoms with Crippen molar-refractivity contribution in [3.8, 4) is 0 Å². The van der Waals surface area contributed by atoms with E-state index < -0.39 is 0 Å². The van der Waals surface area contributed by atoms with E-state index in [1.807, 2.05) is 19.1 Å². The zero-order valence-corrected chi connectivity index (χ0v) is 8.62. The maximum Gasteiger partial charge on any atom is 0.164 e. The summed E-state index contributed by atoms with van der Waals surface area (Å²) < 4.78 is 5.31. The molecule has 0 aliphatic carbocycles. The molecular formula is C12H13NO2. The highest BCUT2D eigenvalue weighted by Crippen LogP contribution is 2.22. The van der Waals surface area contributed by atoms with Crippen LogP contribution in [0.25, 0.3) is 11.0 Å². The van der Waals surface area contributed by atoms with Crippen molar-refractivity contribution < 1.29 is 9.21 Å². The average molecular weight is 203 g/mol. The zero-order chi connectivity index (χ0) is 10.8. The summed E-state index contributed by atoms with van der Waals surface area (Å²) >= 11 is 0. The van der Waals surface area contributed by atoms with E-state index in [2.05, 4.69) is 0 Å². The normalized spacial score (nSPS) is 10.8. The van der Waals surface area contributed by atoms with Gasteiger partial charge in [-0.05, 0) is 37.2 Å². The minimum absolute atomic E-state index is 0.0833. The third-order valence-corrected chi connectivity index (χ3v) is 2.46. The van der Waals surface area contributed by atoms with Crippen LogP contribution in [0.1, 0.15) is 22.3 Å². The number of Topliss-reactive ketones (excluding diaryl/α,β-unsaturated/α-hetero) is 1. The second-order valence-electron chi connectivity index (χ2n) is 3.59. The van der Waals surface area contributed by atoms with Gasteiger partial charge in [0.05, 0.1) is 6.26 Å². The minimum atomic E-state index is 0.0833. The summed E-state index contributed by atoms with van der Waals surface area (Å²) in [7, 11) is 0. The second kappa shape index (κ2) is 3.87. The van der Waals surface area contributed by atoms with Gasteiger partial charge in [0.1, 0.15) is 5.58 Å². The SMILES string of the molecule is Cc1coc2ccc(C(=O)CCN)cc12. The van der Waals surface area contributed by atoms with Gasteiger partial charge in [-0.15, -0.1) is 0 Å². The number of hydrogen-bond donors (Lipinski definition) is 1. The van der Waals surface area contributed by atoms with Crippen LogP contribution < -0.4 is 5.73 Å². The molecule has 0 radical (unpaired) electrons. The highest BCUT2D eigenvalue weighted by Gasteiger charge is 2.08. The van der Waals surface area contributed by atoms with E-state index in [9.17, 15) is 4.79 Å². The van der Waals surface area contributed by atoms with Crippen molar-refractivity contribution in [2.75, 3.05) is 6.54 Å². The first kappa shape index (κ1) is 9.93.